The van der Waals surface area contributed by atoms with Gasteiger partial charge in [-0.3, -0.25) is 4.79 Å². The van der Waals surface area contributed by atoms with Gasteiger partial charge in [0.2, 0.25) is 5.91 Å². The maximum absolute atomic E-state index is 11.9. The lowest BCUT2D eigenvalue weighted by Gasteiger charge is -2.04. The Morgan fingerprint density at radius 2 is 2.04 bits per heavy atom. The van der Waals surface area contributed by atoms with Crippen molar-refractivity contribution < 1.29 is 4.79 Å². The number of amides is 1. The average Bonchev–Trinajstić information content (AvgIpc) is 3.01. The number of rotatable bonds is 5. The van der Waals surface area contributed by atoms with Gasteiger partial charge >= 0.3 is 0 Å². The smallest absolute Gasteiger partial charge is 0.230 e. The van der Waals surface area contributed by atoms with Crippen molar-refractivity contribution >= 4 is 60.3 Å². The molecule has 0 fully saturated rings. The number of hydrogen-bond donors (Lipinski definition) is 1. The highest BCUT2D eigenvalue weighted by molar-refractivity contribution is 8.00. The second-order valence-corrected chi connectivity index (χ2v) is 8.55. The molecule has 0 spiro atoms. The number of benzene rings is 1. The number of hydrogen-bond acceptors (Lipinski definition) is 6. The summed E-state index contributed by atoms with van der Waals surface area (Å²) in [6, 6.07) is 6.49. The Balaban J connectivity index is 1.78. The minimum absolute atomic E-state index is 0.0321. The molecule has 27 heavy (non-hydrogen) atoms. The van der Waals surface area contributed by atoms with Gasteiger partial charge in [0.05, 0.1) is 21.5 Å². The molecule has 1 aromatic carbocycles. The van der Waals surface area contributed by atoms with Crippen molar-refractivity contribution in [3.8, 4) is 0 Å². The molecule has 3 heterocycles. The average molecular weight is 397 g/mol. The van der Waals surface area contributed by atoms with Crippen molar-refractivity contribution in [1.29, 1.82) is 0 Å². The molecular formula is C20H20N4OS2. The Morgan fingerprint density at radius 1 is 1.19 bits per heavy atom. The zero-order valence-electron chi connectivity index (χ0n) is 15.5. The molecule has 0 radical (unpaired) electrons. The Bertz CT molecular complexity index is 1170. The second kappa shape index (κ2) is 7.40. The van der Waals surface area contributed by atoms with Gasteiger partial charge in [-0.15, -0.1) is 11.3 Å². The number of thiophene rings is 1. The van der Waals surface area contributed by atoms with E-state index in [4.69, 9.17) is 4.98 Å². The SMILES string of the molecule is CCCNC(=O)CSc1ncnc2c1sc1nc3c(C)cc(C)cc3cc12. The molecule has 0 unspecified atom stereocenters. The minimum Gasteiger partial charge on any atom is -0.355 e. The first-order valence-corrected chi connectivity index (χ1v) is 10.7. The molecule has 138 valence electrons. The van der Waals surface area contributed by atoms with Gasteiger partial charge in [0.1, 0.15) is 16.2 Å². The molecule has 4 rings (SSSR count). The summed E-state index contributed by atoms with van der Waals surface area (Å²) in [7, 11) is 0. The fraction of sp³-hybridized carbons (Fsp3) is 0.300. The van der Waals surface area contributed by atoms with Crippen LogP contribution in [0, 0.1) is 13.8 Å². The molecule has 1 amide bonds. The number of fused-ring (bicyclic) bond motifs is 4. The lowest BCUT2D eigenvalue weighted by Crippen LogP contribution is -2.25. The van der Waals surface area contributed by atoms with Crippen LogP contribution in [0.4, 0.5) is 0 Å². The van der Waals surface area contributed by atoms with Crippen LogP contribution in [0.2, 0.25) is 0 Å². The van der Waals surface area contributed by atoms with Crippen LogP contribution in [0.5, 0.6) is 0 Å². The minimum atomic E-state index is 0.0321. The van der Waals surface area contributed by atoms with Crippen molar-refractivity contribution in [2.75, 3.05) is 12.3 Å². The molecule has 0 saturated heterocycles. The van der Waals surface area contributed by atoms with E-state index in [2.05, 4.69) is 47.3 Å². The van der Waals surface area contributed by atoms with E-state index < -0.39 is 0 Å². The molecule has 0 atom stereocenters. The highest BCUT2D eigenvalue weighted by Crippen LogP contribution is 2.38. The van der Waals surface area contributed by atoms with E-state index in [0.717, 1.165) is 42.8 Å². The van der Waals surface area contributed by atoms with Crippen molar-refractivity contribution in [2.45, 2.75) is 32.2 Å². The zero-order valence-corrected chi connectivity index (χ0v) is 17.1. The topological polar surface area (TPSA) is 67.8 Å². The van der Waals surface area contributed by atoms with E-state index in [-0.39, 0.29) is 5.91 Å². The van der Waals surface area contributed by atoms with Crippen LogP contribution in [0.3, 0.4) is 0 Å². The molecular weight excluding hydrogens is 376 g/mol. The third-order valence-corrected chi connectivity index (χ3v) is 6.57. The first-order valence-electron chi connectivity index (χ1n) is 8.91. The van der Waals surface area contributed by atoms with Crippen LogP contribution in [-0.4, -0.2) is 33.2 Å². The van der Waals surface area contributed by atoms with E-state index in [0.29, 0.717) is 12.3 Å². The molecule has 0 bridgehead atoms. The molecule has 0 aliphatic carbocycles. The van der Waals surface area contributed by atoms with Gasteiger partial charge < -0.3 is 5.32 Å². The quantitative estimate of drug-likeness (QED) is 0.393. The van der Waals surface area contributed by atoms with Crippen molar-refractivity contribution in [3.63, 3.8) is 0 Å². The Morgan fingerprint density at radius 3 is 2.85 bits per heavy atom. The van der Waals surface area contributed by atoms with E-state index in [1.165, 1.54) is 22.9 Å². The largest absolute Gasteiger partial charge is 0.355 e. The molecule has 0 aliphatic heterocycles. The summed E-state index contributed by atoms with van der Waals surface area (Å²) in [5.41, 5.74) is 4.35. The summed E-state index contributed by atoms with van der Waals surface area (Å²) in [5.74, 6) is 0.387. The number of nitrogens with one attached hydrogen (secondary N) is 1. The van der Waals surface area contributed by atoms with E-state index in [1.54, 1.807) is 17.7 Å². The molecule has 0 aliphatic rings. The monoisotopic (exact) mass is 396 g/mol. The summed E-state index contributed by atoms with van der Waals surface area (Å²) in [5, 5.41) is 5.92. The zero-order chi connectivity index (χ0) is 19.0. The Kier molecular flexibility index (Phi) is 4.97. The van der Waals surface area contributed by atoms with Crippen LogP contribution in [0.15, 0.2) is 29.6 Å². The third-order valence-electron chi connectivity index (χ3n) is 4.36. The first-order chi connectivity index (χ1) is 13.1. The van der Waals surface area contributed by atoms with Gasteiger partial charge in [-0.25, -0.2) is 15.0 Å². The van der Waals surface area contributed by atoms with Crippen molar-refractivity contribution in [1.82, 2.24) is 20.3 Å². The number of carbonyl (C=O) groups excluding carboxylic acids is 1. The van der Waals surface area contributed by atoms with Gasteiger partial charge in [-0.2, -0.15) is 0 Å². The van der Waals surface area contributed by atoms with Gasteiger partial charge in [-0.05, 0) is 38.0 Å². The first kappa shape index (κ1) is 18.1. The number of nitrogens with zero attached hydrogens (tertiary/aromatic N) is 3. The summed E-state index contributed by atoms with van der Waals surface area (Å²) in [4.78, 5) is 26.7. The summed E-state index contributed by atoms with van der Waals surface area (Å²) >= 11 is 3.05. The molecule has 5 nitrogen and oxygen atoms in total. The maximum Gasteiger partial charge on any atom is 0.230 e. The molecule has 0 saturated carbocycles. The lowest BCUT2D eigenvalue weighted by atomic mass is 10.1. The summed E-state index contributed by atoms with van der Waals surface area (Å²) in [6.45, 7) is 6.94. The van der Waals surface area contributed by atoms with E-state index >= 15 is 0 Å². The highest BCUT2D eigenvalue weighted by Gasteiger charge is 2.15. The van der Waals surface area contributed by atoms with Gasteiger partial charge in [0.25, 0.3) is 0 Å². The standard InChI is InChI=1S/C20H20N4OS2/c1-4-5-21-15(25)9-26-20-18-17(22-10-23-20)14-8-13-7-11(2)6-12(3)16(13)24-19(14)27-18/h6-8,10H,4-5,9H2,1-3H3,(H,21,25). The third kappa shape index (κ3) is 3.49. The van der Waals surface area contributed by atoms with Gasteiger partial charge in [0.15, 0.2) is 0 Å². The van der Waals surface area contributed by atoms with Gasteiger partial charge in [0, 0.05) is 17.3 Å². The second-order valence-electron chi connectivity index (χ2n) is 6.59. The Hall–Kier alpha value is -2.25. The number of aryl methyl sites for hydroxylation is 2. The fourth-order valence-electron chi connectivity index (χ4n) is 3.17. The number of thioether (sulfide) groups is 1. The van der Waals surface area contributed by atoms with Crippen LogP contribution in [-0.2, 0) is 4.79 Å². The number of pyridine rings is 1. The molecule has 3 aromatic heterocycles. The maximum atomic E-state index is 11.9. The number of aromatic nitrogens is 3. The lowest BCUT2D eigenvalue weighted by molar-refractivity contribution is -0.118. The van der Waals surface area contributed by atoms with Crippen LogP contribution < -0.4 is 5.32 Å². The number of carbonyl (C=O) groups is 1. The molecule has 1 N–H and O–H groups in total. The fourth-order valence-corrected chi connectivity index (χ4v) is 5.19. The van der Waals surface area contributed by atoms with Crippen LogP contribution in [0.25, 0.3) is 31.3 Å². The summed E-state index contributed by atoms with van der Waals surface area (Å²) in [6.07, 6.45) is 2.51. The normalized spacial score (nSPS) is 11.5. The molecule has 4 aromatic rings. The predicted octanol–water partition coefficient (Wildman–Crippen LogP) is 4.63. The van der Waals surface area contributed by atoms with Crippen LogP contribution >= 0.6 is 23.1 Å². The summed E-state index contributed by atoms with van der Waals surface area (Å²) < 4.78 is 0.998. The molecule has 7 heteroatoms. The van der Waals surface area contributed by atoms with Gasteiger partial charge in [-0.1, -0.05) is 30.3 Å². The van der Waals surface area contributed by atoms with Crippen LogP contribution in [0.1, 0.15) is 24.5 Å². The highest BCUT2D eigenvalue weighted by atomic mass is 32.2. The van der Waals surface area contributed by atoms with E-state index in [1.807, 2.05) is 6.92 Å². The predicted molar refractivity (Wildman–Crippen MR) is 114 cm³/mol. The van der Waals surface area contributed by atoms with Crippen molar-refractivity contribution in [2.24, 2.45) is 0 Å². The van der Waals surface area contributed by atoms with E-state index in [9.17, 15) is 4.79 Å². The Labute approximate surface area is 165 Å². The van der Waals surface area contributed by atoms with Crippen molar-refractivity contribution in [3.05, 3.63) is 35.7 Å².